The first kappa shape index (κ1) is 21.0. The lowest BCUT2D eigenvalue weighted by Gasteiger charge is -2.22. The smallest absolute Gasteiger partial charge is 0.264 e. The normalized spacial score (nSPS) is 25.6. The van der Waals surface area contributed by atoms with Crippen molar-refractivity contribution in [2.45, 2.75) is 50.7 Å². The molecule has 4 atom stereocenters. The first-order valence-corrected chi connectivity index (χ1v) is 10.5. The molecule has 1 aliphatic heterocycles. The molecule has 3 aromatic rings. The number of ether oxygens (including phenoxy) is 2. The second kappa shape index (κ2) is 8.27. The van der Waals surface area contributed by atoms with Gasteiger partial charge in [-0.15, -0.1) is 0 Å². The van der Waals surface area contributed by atoms with Crippen LogP contribution in [0.5, 0.6) is 11.5 Å². The van der Waals surface area contributed by atoms with Gasteiger partial charge in [0.05, 0.1) is 11.7 Å². The number of nitrogens with one attached hydrogen (secondary N) is 1. The molecular formula is C22H24F2N4O4. The van der Waals surface area contributed by atoms with Crippen molar-refractivity contribution in [1.29, 1.82) is 0 Å². The molecule has 2 aromatic heterocycles. The summed E-state index contributed by atoms with van der Waals surface area (Å²) in [6, 6.07) is 3.99. The van der Waals surface area contributed by atoms with E-state index >= 15 is 0 Å². The molecule has 3 N–H and O–H groups in total. The number of aryl methyl sites for hydroxylation is 1. The predicted molar refractivity (Wildman–Crippen MR) is 111 cm³/mol. The van der Waals surface area contributed by atoms with Crippen molar-refractivity contribution < 1.29 is 28.5 Å². The van der Waals surface area contributed by atoms with Crippen molar-refractivity contribution in [2.24, 2.45) is 0 Å². The Bertz CT molecular complexity index is 1140. The van der Waals surface area contributed by atoms with Gasteiger partial charge in [0.15, 0.2) is 0 Å². The summed E-state index contributed by atoms with van der Waals surface area (Å²) < 4.78 is 40.4. The van der Waals surface area contributed by atoms with Crippen molar-refractivity contribution in [3.8, 4) is 11.5 Å². The summed E-state index contributed by atoms with van der Waals surface area (Å²) in [5, 5.41) is 25.5. The second-order valence-electron chi connectivity index (χ2n) is 8.18. The van der Waals surface area contributed by atoms with Gasteiger partial charge in [-0.2, -0.15) is 0 Å². The molecule has 10 heteroatoms. The van der Waals surface area contributed by atoms with Crippen molar-refractivity contribution in [2.75, 3.05) is 13.2 Å². The maximum atomic E-state index is 13.5. The number of hydrogen-bond acceptors (Lipinski definition) is 7. The molecule has 8 nitrogen and oxygen atoms in total. The Morgan fingerprint density at radius 2 is 2.09 bits per heavy atom. The number of benzene rings is 1. The van der Waals surface area contributed by atoms with Gasteiger partial charge in [0.1, 0.15) is 48.4 Å². The van der Waals surface area contributed by atoms with Gasteiger partial charge in [0, 0.05) is 42.2 Å². The molecule has 3 heterocycles. The van der Waals surface area contributed by atoms with Gasteiger partial charge in [-0.1, -0.05) is 0 Å². The third-order valence-corrected chi connectivity index (χ3v) is 6.22. The van der Waals surface area contributed by atoms with Crippen LogP contribution >= 0.6 is 0 Å². The summed E-state index contributed by atoms with van der Waals surface area (Å²) in [5.74, 6) is 0.565. The van der Waals surface area contributed by atoms with E-state index in [4.69, 9.17) is 9.47 Å². The Hall–Kier alpha value is -2.82. The van der Waals surface area contributed by atoms with Crippen LogP contribution in [0.1, 0.15) is 35.7 Å². The van der Waals surface area contributed by atoms with Gasteiger partial charge in [-0.25, -0.2) is 18.7 Å². The molecule has 0 spiro atoms. The fraction of sp³-hybridized carbons (Fsp3) is 0.455. The van der Waals surface area contributed by atoms with E-state index in [-0.39, 0.29) is 17.7 Å². The zero-order valence-corrected chi connectivity index (χ0v) is 17.4. The van der Waals surface area contributed by atoms with E-state index in [2.05, 4.69) is 15.3 Å². The van der Waals surface area contributed by atoms with Crippen LogP contribution < -0.4 is 14.8 Å². The number of rotatable bonds is 4. The lowest BCUT2D eigenvalue weighted by molar-refractivity contribution is -0.0167. The molecule has 0 saturated heterocycles. The van der Waals surface area contributed by atoms with Gasteiger partial charge in [-0.05, 0) is 25.1 Å². The third-order valence-electron chi connectivity index (χ3n) is 6.22. The van der Waals surface area contributed by atoms with Crippen LogP contribution in [-0.2, 0) is 6.54 Å². The number of fused-ring (bicyclic) bond motifs is 2. The van der Waals surface area contributed by atoms with Crippen LogP contribution in [0.3, 0.4) is 0 Å². The summed E-state index contributed by atoms with van der Waals surface area (Å²) in [5.41, 5.74) is 1.87. The number of aliphatic hydroxyl groups is 2. The topological polar surface area (TPSA) is 102 Å². The Balaban J connectivity index is 1.46. The van der Waals surface area contributed by atoms with Crippen LogP contribution in [-0.4, -0.2) is 56.2 Å². The Labute approximate surface area is 182 Å². The molecule has 0 bridgehead atoms. The number of halogens is 2. The van der Waals surface area contributed by atoms with Crippen LogP contribution in [0.2, 0.25) is 0 Å². The fourth-order valence-electron chi connectivity index (χ4n) is 4.51. The van der Waals surface area contributed by atoms with Crippen molar-refractivity contribution in [1.82, 2.24) is 19.9 Å². The monoisotopic (exact) mass is 446 g/mol. The molecule has 0 radical (unpaired) electrons. The van der Waals surface area contributed by atoms with E-state index in [1.165, 1.54) is 18.5 Å². The number of hydrogen-bond donors (Lipinski definition) is 3. The molecule has 1 aliphatic carbocycles. The van der Waals surface area contributed by atoms with Crippen LogP contribution in [0.25, 0.3) is 11.0 Å². The summed E-state index contributed by atoms with van der Waals surface area (Å²) in [4.78, 5) is 8.51. The highest BCUT2D eigenvalue weighted by Crippen LogP contribution is 2.40. The summed E-state index contributed by atoms with van der Waals surface area (Å²) >= 11 is 0. The van der Waals surface area contributed by atoms with Gasteiger partial charge in [0.25, 0.3) is 6.43 Å². The first-order chi connectivity index (χ1) is 15.4. The highest BCUT2D eigenvalue weighted by Gasteiger charge is 2.44. The fourth-order valence-corrected chi connectivity index (χ4v) is 4.51. The predicted octanol–water partition coefficient (Wildman–Crippen LogP) is 2.27. The minimum Gasteiger partial charge on any atom is -0.492 e. The SMILES string of the molecule is Cc1ncnc2c1ccn2[C@@H]1C[C@H](Oc2cc(C(F)F)cc3c2CNCCO3)[C@@H](O)[C@H]1O. The molecule has 1 saturated carbocycles. The zero-order valence-electron chi connectivity index (χ0n) is 17.4. The van der Waals surface area contributed by atoms with E-state index in [1.54, 1.807) is 6.20 Å². The highest BCUT2D eigenvalue weighted by molar-refractivity contribution is 5.78. The molecular weight excluding hydrogens is 422 g/mol. The minimum atomic E-state index is -2.69. The van der Waals surface area contributed by atoms with E-state index in [9.17, 15) is 19.0 Å². The first-order valence-electron chi connectivity index (χ1n) is 10.5. The van der Waals surface area contributed by atoms with E-state index in [1.807, 2.05) is 17.6 Å². The maximum Gasteiger partial charge on any atom is 0.264 e. The van der Waals surface area contributed by atoms with Crippen molar-refractivity contribution >= 4 is 11.0 Å². The Kier molecular flexibility index (Phi) is 5.44. The zero-order chi connectivity index (χ0) is 22.4. The molecule has 5 rings (SSSR count). The molecule has 2 aliphatic rings. The molecule has 32 heavy (non-hydrogen) atoms. The molecule has 1 aromatic carbocycles. The largest absolute Gasteiger partial charge is 0.492 e. The lowest BCUT2D eigenvalue weighted by Crippen LogP contribution is -2.34. The van der Waals surface area contributed by atoms with Gasteiger partial charge in [-0.3, -0.25) is 0 Å². The van der Waals surface area contributed by atoms with Crippen LogP contribution in [0.15, 0.2) is 30.7 Å². The lowest BCUT2D eigenvalue weighted by atomic mass is 10.1. The van der Waals surface area contributed by atoms with Gasteiger partial charge < -0.3 is 29.6 Å². The Morgan fingerprint density at radius 1 is 1.25 bits per heavy atom. The van der Waals surface area contributed by atoms with Crippen LogP contribution in [0, 0.1) is 6.92 Å². The average Bonchev–Trinajstić information content (AvgIpc) is 3.20. The second-order valence-corrected chi connectivity index (χ2v) is 8.18. The third kappa shape index (κ3) is 3.58. The number of nitrogens with zero attached hydrogens (tertiary/aromatic N) is 3. The number of aliphatic hydroxyl groups excluding tert-OH is 2. The summed E-state index contributed by atoms with van der Waals surface area (Å²) in [6.45, 7) is 3.19. The molecule has 0 amide bonds. The van der Waals surface area contributed by atoms with Crippen molar-refractivity contribution in [3.63, 3.8) is 0 Å². The van der Waals surface area contributed by atoms with Gasteiger partial charge in [0.2, 0.25) is 0 Å². The molecule has 170 valence electrons. The van der Waals surface area contributed by atoms with Crippen molar-refractivity contribution in [3.05, 3.63) is 47.5 Å². The van der Waals surface area contributed by atoms with E-state index < -0.39 is 30.8 Å². The average molecular weight is 446 g/mol. The molecule has 1 fully saturated rings. The maximum absolute atomic E-state index is 13.5. The van der Waals surface area contributed by atoms with Crippen LogP contribution in [0.4, 0.5) is 8.78 Å². The summed E-state index contributed by atoms with van der Waals surface area (Å²) in [7, 11) is 0. The quantitative estimate of drug-likeness (QED) is 0.565. The van der Waals surface area contributed by atoms with E-state index in [0.29, 0.717) is 36.7 Å². The minimum absolute atomic E-state index is 0.214. The number of aromatic nitrogens is 3. The standard InChI is InChI=1S/C22H24F2N4O4/c1-11-13-2-4-28(22(13)27-10-26-11)15-8-18(20(30)19(15)29)32-17-7-12(21(23)24)6-16-14(17)9-25-3-5-31-16/h2,4,6-7,10,15,18-21,25,29-30H,3,5,8-9H2,1H3/t15-,18+,19+,20-/m1/s1. The Morgan fingerprint density at radius 3 is 2.91 bits per heavy atom. The summed E-state index contributed by atoms with van der Waals surface area (Å²) in [6.07, 6.45) is -2.27. The molecule has 0 unspecified atom stereocenters. The van der Waals surface area contributed by atoms with E-state index in [0.717, 1.165) is 11.1 Å². The van der Waals surface area contributed by atoms with Gasteiger partial charge >= 0.3 is 0 Å². The highest BCUT2D eigenvalue weighted by atomic mass is 19.3. The number of alkyl halides is 2.